The van der Waals surface area contributed by atoms with Gasteiger partial charge in [-0.15, -0.1) is 0 Å². The van der Waals surface area contributed by atoms with Crippen LogP contribution < -0.4 is 11.2 Å². The standard InChI is InChI=1S/C11H16BN5O8P2/c1-6-4-17(11(19)14-10(6)18)9-3-7(15-16-13)8(24-9)5-23-27(12,22)25-26(2,20)21/h4,7-9H,3,5H2,1-2H3,(H,20,21)(H,14,18,19)/q-1/t7-,8-,9-,27?/m1/s1. The van der Waals surface area contributed by atoms with E-state index in [1.165, 1.54) is 13.1 Å². The van der Waals surface area contributed by atoms with Crippen molar-refractivity contribution in [2.75, 3.05) is 13.3 Å². The fraction of sp³-hybridized carbons (Fsp3) is 0.636. The van der Waals surface area contributed by atoms with E-state index in [0.29, 0.717) is 0 Å². The molecule has 0 aliphatic carbocycles. The van der Waals surface area contributed by atoms with Crippen LogP contribution in [-0.4, -0.2) is 47.4 Å². The smallest absolute Gasteiger partial charge is 0.330 e. The van der Waals surface area contributed by atoms with Gasteiger partial charge in [-0.05, 0) is 12.5 Å². The van der Waals surface area contributed by atoms with Gasteiger partial charge in [-0.1, -0.05) is 5.11 Å². The largest absolute Gasteiger partial charge is 0.443 e. The van der Waals surface area contributed by atoms with Crippen LogP contribution in [0, 0.1) is 6.92 Å². The second-order valence-corrected chi connectivity index (χ2v) is 9.43. The third kappa shape index (κ3) is 5.92. The fourth-order valence-electron chi connectivity index (χ4n) is 2.44. The second kappa shape index (κ2) is 8.16. The lowest BCUT2D eigenvalue weighted by atomic mass is 10.1. The van der Waals surface area contributed by atoms with Gasteiger partial charge in [-0.2, -0.15) is 0 Å². The number of ether oxygens (including phenoxy) is 1. The molecule has 147 valence electrons. The number of hydrogen-bond donors (Lipinski definition) is 2. The summed E-state index contributed by atoms with van der Waals surface area (Å²) in [5.74, 6) is 0. The third-order valence-corrected chi connectivity index (χ3v) is 6.18. The van der Waals surface area contributed by atoms with E-state index in [9.17, 15) is 18.7 Å². The summed E-state index contributed by atoms with van der Waals surface area (Å²) in [6.07, 6.45) is -0.519. The summed E-state index contributed by atoms with van der Waals surface area (Å²) in [6.45, 7) is 1.78. The third-order valence-electron chi connectivity index (χ3n) is 3.54. The molecule has 16 heteroatoms. The molecular formula is C11H16BN5O8P2-. The predicted molar refractivity (Wildman–Crippen MR) is 93.7 cm³/mol. The van der Waals surface area contributed by atoms with Crippen molar-refractivity contribution in [1.29, 1.82) is 0 Å². The van der Waals surface area contributed by atoms with Gasteiger partial charge >= 0.3 is 13.3 Å². The van der Waals surface area contributed by atoms with Crippen LogP contribution in [0.3, 0.4) is 0 Å². The van der Waals surface area contributed by atoms with Crippen molar-refractivity contribution in [3.63, 3.8) is 0 Å². The number of azide groups is 1. The minimum atomic E-state index is -4.37. The van der Waals surface area contributed by atoms with Gasteiger partial charge in [0.1, 0.15) is 6.23 Å². The number of aryl methyl sites for hydroxylation is 1. The van der Waals surface area contributed by atoms with Gasteiger partial charge in [0.05, 0.1) is 26.2 Å². The quantitative estimate of drug-likeness (QED) is 0.215. The first-order valence-corrected chi connectivity index (χ1v) is 11.1. The number of nitrogens with zero attached hydrogens (tertiary/aromatic N) is 4. The Morgan fingerprint density at radius 2 is 2.22 bits per heavy atom. The molecule has 1 saturated heterocycles. The van der Waals surface area contributed by atoms with Crippen molar-refractivity contribution < 1.29 is 27.6 Å². The molecule has 1 aliphatic rings. The molecule has 0 amide bonds. The molecule has 1 aromatic heterocycles. The minimum Gasteiger partial charge on any atom is -0.443 e. The van der Waals surface area contributed by atoms with E-state index in [1.807, 2.05) is 0 Å². The lowest BCUT2D eigenvalue weighted by Gasteiger charge is -2.29. The summed E-state index contributed by atoms with van der Waals surface area (Å²) >= 11 is 0. The lowest BCUT2D eigenvalue weighted by Crippen LogP contribution is -2.33. The topological polar surface area (TPSA) is 186 Å². The Balaban J connectivity index is 2.18. The summed E-state index contributed by atoms with van der Waals surface area (Å²) in [7, 11) is -3.31. The summed E-state index contributed by atoms with van der Waals surface area (Å²) in [4.78, 5) is 37.3. The summed E-state index contributed by atoms with van der Waals surface area (Å²) in [5, 5.41) is 3.54. The van der Waals surface area contributed by atoms with E-state index in [-0.39, 0.29) is 12.0 Å². The summed E-state index contributed by atoms with van der Waals surface area (Å²) in [5.41, 5.74) is 7.68. The van der Waals surface area contributed by atoms with Crippen molar-refractivity contribution in [3.05, 3.63) is 43.0 Å². The molecule has 0 spiro atoms. The molecule has 0 aromatic carbocycles. The zero-order valence-electron chi connectivity index (χ0n) is 14.3. The molecule has 2 unspecified atom stereocenters. The zero-order valence-corrected chi connectivity index (χ0v) is 16.1. The number of hydrogen-bond acceptors (Lipinski definition) is 8. The van der Waals surface area contributed by atoms with Crippen molar-refractivity contribution in [3.8, 4) is 0 Å². The van der Waals surface area contributed by atoms with Gasteiger partial charge in [0, 0.05) is 29.8 Å². The van der Waals surface area contributed by atoms with Crippen molar-refractivity contribution in [2.45, 2.75) is 31.7 Å². The molecule has 2 N–H and O–H groups in total. The minimum absolute atomic E-state index is 0.0610. The average molecular weight is 419 g/mol. The molecule has 27 heavy (non-hydrogen) atoms. The zero-order chi connectivity index (χ0) is 20.4. The number of nitrogens with one attached hydrogen (secondary N) is 1. The molecule has 0 bridgehead atoms. The number of aromatic nitrogens is 2. The van der Waals surface area contributed by atoms with Crippen LogP contribution in [-0.2, 0) is 22.7 Å². The fourth-order valence-corrected chi connectivity index (χ4v) is 4.67. The van der Waals surface area contributed by atoms with Crippen LogP contribution in [0.25, 0.3) is 10.4 Å². The maximum atomic E-state index is 12.0. The maximum Gasteiger partial charge on any atom is 0.330 e. The molecule has 1 aliphatic heterocycles. The second-order valence-electron chi connectivity index (χ2n) is 5.84. The molecule has 2 rings (SSSR count). The average Bonchev–Trinajstić information content (AvgIpc) is 2.90. The highest BCUT2D eigenvalue weighted by molar-refractivity contribution is 7.84. The van der Waals surface area contributed by atoms with Crippen LogP contribution in [0.1, 0.15) is 18.2 Å². The first-order chi connectivity index (χ1) is 12.4. The van der Waals surface area contributed by atoms with Crippen LogP contribution in [0.2, 0.25) is 0 Å². The first-order valence-electron chi connectivity index (χ1n) is 7.48. The Kier molecular flexibility index (Phi) is 6.54. The van der Waals surface area contributed by atoms with Gasteiger partial charge in [-0.3, -0.25) is 23.2 Å². The van der Waals surface area contributed by atoms with Crippen LogP contribution in [0.15, 0.2) is 20.9 Å². The number of aromatic amines is 1. The van der Waals surface area contributed by atoms with Gasteiger partial charge in [0.2, 0.25) is 0 Å². The Labute approximate surface area is 153 Å². The highest BCUT2D eigenvalue weighted by Crippen LogP contribution is 2.57. The SMILES string of the molecule is [B-]P(=O)(OC[C@H]1O[C@@H](n2cc(C)c(=O)[nH]c2=O)C[C@H]1N=[N+]=[N-])OP(C)(=O)O. The lowest BCUT2D eigenvalue weighted by molar-refractivity contribution is -0.0230. The summed E-state index contributed by atoms with van der Waals surface area (Å²) in [6, 6.07) is -0.818. The molecule has 13 nitrogen and oxygen atoms in total. The highest BCUT2D eigenvalue weighted by Gasteiger charge is 2.37. The van der Waals surface area contributed by atoms with Crippen molar-refractivity contribution in [1.82, 2.24) is 9.55 Å². The monoisotopic (exact) mass is 419 g/mol. The normalized spacial score (nSPS) is 26.7. The Morgan fingerprint density at radius 3 is 2.81 bits per heavy atom. The molecule has 1 aromatic rings. The van der Waals surface area contributed by atoms with Crippen LogP contribution in [0.5, 0.6) is 0 Å². The molecule has 2 heterocycles. The summed E-state index contributed by atoms with van der Waals surface area (Å²) < 4.78 is 38.9. The van der Waals surface area contributed by atoms with E-state index in [2.05, 4.69) is 19.3 Å². The van der Waals surface area contributed by atoms with Gasteiger partial charge in [0.25, 0.3) is 5.56 Å². The Morgan fingerprint density at radius 1 is 1.56 bits per heavy atom. The van der Waals surface area contributed by atoms with Crippen LogP contribution >= 0.6 is 15.1 Å². The Hall–Kier alpha value is -1.65. The van der Waals surface area contributed by atoms with Crippen molar-refractivity contribution >= 4 is 22.6 Å². The molecule has 3 radical (unpaired) electrons. The van der Waals surface area contributed by atoms with E-state index in [1.54, 1.807) is 0 Å². The van der Waals surface area contributed by atoms with Gasteiger partial charge in [-0.25, -0.2) is 4.79 Å². The van der Waals surface area contributed by atoms with E-state index >= 15 is 0 Å². The Bertz CT molecular complexity index is 966. The van der Waals surface area contributed by atoms with Gasteiger partial charge in [0.15, 0.2) is 0 Å². The van der Waals surface area contributed by atoms with Crippen molar-refractivity contribution in [2.24, 2.45) is 5.11 Å². The maximum absolute atomic E-state index is 12.0. The molecular weight excluding hydrogens is 403 g/mol. The molecule has 1 fully saturated rings. The molecule has 0 saturated carbocycles. The first kappa shape index (κ1) is 21.7. The van der Waals surface area contributed by atoms with Gasteiger partial charge < -0.3 is 26.3 Å². The number of H-pyrrole nitrogens is 1. The van der Waals surface area contributed by atoms with Crippen LogP contribution in [0.4, 0.5) is 0 Å². The number of rotatable bonds is 7. The van der Waals surface area contributed by atoms with E-state index in [0.717, 1.165) is 11.2 Å². The molecule has 5 atom stereocenters. The predicted octanol–water partition coefficient (Wildman–Crippen LogP) is 0.936. The van der Waals surface area contributed by atoms with E-state index < -0.39 is 51.3 Å². The highest BCUT2D eigenvalue weighted by atomic mass is 31.3. The van der Waals surface area contributed by atoms with E-state index in [4.69, 9.17) is 27.3 Å².